The summed E-state index contributed by atoms with van der Waals surface area (Å²) in [5.41, 5.74) is 6.01. The van der Waals surface area contributed by atoms with E-state index in [1.807, 2.05) is 41.0 Å². The molecule has 1 aliphatic rings. The van der Waals surface area contributed by atoms with Gasteiger partial charge in [-0.1, -0.05) is 55.1 Å². The lowest BCUT2D eigenvalue weighted by atomic mass is 9.99. The number of fused-ring (bicyclic) bond motifs is 6. The van der Waals surface area contributed by atoms with Gasteiger partial charge < -0.3 is 14.3 Å². The van der Waals surface area contributed by atoms with Gasteiger partial charge in [0.1, 0.15) is 12.4 Å². The molecule has 4 heterocycles. The lowest BCUT2D eigenvalue weighted by Gasteiger charge is -2.21. The Kier molecular flexibility index (Phi) is 4.21. The summed E-state index contributed by atoms with van der Waals surface area (Å²) in [6, 6.07) is 20.3. The fraction of sp³-hybridized carbons (Fsp3) is 0.111. The number of hydrogen-bond donors (Lipinski definition) is 1. The highest BCUT2D eigenvalue weighted by Crippen LogP contribution is 2.36. The molecular weight excluding hydrogens is 398 g/mol. The van der Waals surface area contributed by atoms with Crippen molar-refractivity contribution in [3.05, 3.63) is 107 Å². The van der Waals surface area contributed by atoms with Crippen LogP contribution in [0.2, 0.25) is 0 Å². The second kappa shape index (κ2) is 7.24. The zero-order chi connectivity index (χ0) is 21.7. The van der Waals surface area contributed by atoms with Crippen LogP contribution in [0.5, 0.6) is 0 Å². The lowest BCUT2D eigenvalue weighted by molar-refractivity contribution is 0.265. The first-order valence-corrected chi connectivity index (χ1v) is 10.7. The van der Waals surface area contributed by atoms with Crippen molar-refractivity contribution in [2.24, 2.45) is 0 Å². The predicted molar refractivity (Wildman–Crippen MR) is 127 cm³/mol. The quantitative estimate of drug-likeness (QED) is 0.403. The first-order valence-electron chi connectivity index (χ1n) is 10.7. The van der Waals surface area contributed by atoms with Crippen molar-refractivity contribution in [1.29, 1.82) is 0 Å². The molecule has 0 saturated heterocycles. The summed E-state index contributed by atoms with van der Waals surface area (Å²) in [6.07, 6.45) is 4.18. The maximum atomic E-state index is 13.4. The van der Waals surface area contributed by atoms with Crippen LogP contribution < -0.4 is 5.56 Å². The number of aromatic nitrogens is 3. The number of nitrogens with one attached hydrogen (secondary N) is 1. The third-order valence-corrected chi connectivity index (χ3v) is 6.25. The molecule has 156 valence electrons. The molecule has 0 aliphatic carbocycles. The summed E-state index contributed by atoms with van der Waals surface area (Å²) in [6.45, 7) is 5.19. The van der Waals surface area contributed by atoms with E-state index in [4.69, 9.17) is 4.74 Å². The summed E-state index contributed by atoms with van der Waals surface area (Å²) >= 11 is 0. The number of ether oxygens (including phenoxy) is 1. The molecule has 1 aliphatic heterocycles. The Labute approximate surface area is 184 Å². The molecule has 0 unspecified atom stereocenters. The average molecular weight is 419 g/mol. The molecule has 0 radical (unpaired) electrons. The standard InChI is InChI=1S/C27H21N3O2/c1-17(32-16-18-7-3-2-4-8-18)22-14-28-15-23-21(22)13-25-26-20(11-12-30(25)27(23)31)19-9-5-6-10-24(19)29-26/h2-10,13-15,29H,1,11-12,16H2. The molecule has 2 aromatic carbocycles. The summed E-state index contributed by atoms with van der Waals surface area (Å²) in [5, 5.41) is 2.60. The highest BCUT2D eigenvalue weighted by Gasteiger charge is 2.23. The number of hydrogen-bond acceptors (Lipinski definition) is 3. The Morgan fingerprint density at radius 1 is 1.03 bits per heavy atom. The minimum absolute atomic E-state index is 0.0352. The second-order valence-electron chi connectivity index (χ2n) is 8.11. The molecule has 0 spiro atoms. The van der Waals surface area contributed by atoms with Crippen molar-refractivity contribution in [2.75, 3.05) is 0 Å². The van der Waals surface area contributed by atoms with Crippen LogP contribution >= 0.6 is 0 Å². The van der Waals surface area contributed by atoms with Crippen LogP contribution in [0.15, 0.2) is 84.4 Å². The van der Waals surface area contributed by atoms with Crippen LogP contribution in [0.3, 0.4) is 0 Å². The third-order valence-electron chi connectivity index (χ3n) is 6.25. The first kappa shape index (κ1) is 18.6. The average Bonchev–Trinajstić information content (AvgIpc) is 3.22. The predicted octanol–water partition coefficient (Wildman–Crippen LogP) is 5.29. The van der Waals surface area contributed by atoms with Crippen molar-refractivity contribution in [2.45, 2.75) is 19.6 Å². The zero-order valence-corrected chi connectivity index (χ0v) is 17.5. The molecule has 32 heavy (non-hydrogen) atoms. The molecule has 0 bridgehead atoms. The number of pyridine rings is 2. The molecule has 1 N–H and O–H groups in total. The Hall–Kier alpha value is -4.12. The normalized spacial score (nSPS) is 12.5. The van der Waals surface area contributed by atoms with E-state index in [9.17, 15) is 4.79 Å². The second-order valence-corrected chi connectivity index (χ2v) is 8.11. The molecule has 0 fully saturated rings. The van der Waals surface area contributed by atoms with Gasteiger partial charge in [0.2, 0.25) is 0 Å². The van der Waals surface area contributed by atoms with Gasteiger partial charge in [-0.2, -0.15) is 0 Å². The van der Waals surface area contributed by atoms with Crippen LogP contribution in [0.1, 0.15) is 16.7 Å². The van der Waals surface area contributed by atoms with E-state index >= 15 is 0 Å². The number of H-pyrrole nitrogens is 1. The van der Waals surface area contributed by atoms with Crippen LogP contribution in [-0.4, -0.2) is 14.5 Å². The Balaban J connectivity index is 1.48. The van der Waals surface area contributed by atoms with Crippen LogP contribution in [-0.2, 0) is 24.3 Å². The maximum Gasteiger partial charge on any atom is 0.260 e. The van der Waals surface area contributed by atoms with Gasteiger partial charge in [-0.25, -0.2) is 0 Å². The Morgan fingerprint density at radius 3 is 2.72 bits per heavy atom. The smallest absolute Gasteiger partial charge is 0.260 e. The molecule has 3 aromatic heterocycles. The van der Waals surface area contributed by atoms with Crippen LogP contribution in [0.4, 0.5) is 0 Å². The number of nitrogens with zero attached hydrogens (tertiary/aromatic N) is 2. The largest absolute Gasteiger partial charge is 0.489 e. The van der Waals surface area contributed by atoms with Gasteiger partial charge in [0.15, 0.2) is 0 Å². The number of aromatic amines is 1. The Bertz CT molecular complexity index is 1560. The molecule has 0 saturated carbocycles. The monoisotopic (exact) mass is 419 g/mol. The lowest BCUT2D eigenvalue weighted by Crippen LogP contribution is -2.26. The fourth-order valence-electron chi connectivity index (χ4n) is 4.64. The molecule has 0 amide bonds. The number of benzene rings is 2. The van der Waals surface area contributed by atoms with E-state index in [1.165, 1.54) is 10.9 Å². The van der Waals surface area contributed by atoms with Crippen LogP contribution in [0.25, 0.3) is 38.8 Å². The zero-order valence-electron chi connectivity index (χ0n) is 17.5. The van der Waals surface area contributed by atoms with E-state index in [0.717, 1.165) is 39.8 Å². The van der Waals surface area contributed by atoms with Gasteiger partial charge >= 0.3 is 0 Å². The van der Waals surface area contributed by atoms with Gasteiger partial charge in [0.05, 0.1) is 16.8 Å². The highest BCUT2D eigenvalue weighted by atomic mass is 16.5. The van der Waals surface area contributed by atoms with E-state index in [1.54, 1.807) is 12.4 Å². The Morgan fingerprint density at radius 2 is 1.84 bits per heavy atom. The van der Waals surface area contributed by atoms with Crippen molar-refractivity contribution in [3.63, 3.8) is 0 Å². The highest BCUT2D eigenvalue weighted by molar-refractivity contribution is 5.96. The third kappa shape index (κ3) is 2.86. The number of aryl methyl sites for hydroxylation is 1. The van der Waals surface area contributed by atoms with Crippen molar-refractivity contribution < 1.29 is 4.74 Å². The molecule has 6 rings (SSSR count). The van der Waals surface area contributed by atoms with Gasteiger partial charge in [0, 0.05) is 40.8 Å². The summed E-state index contributed by atoms with van der Waals surface area (Å²) < 4.78 is 7.82. The van der Waals surface area contributed by atoms with E-state index in [2.05, 4.69) is 40.8 Å². The molecule has 5 heteroatoms. The van der Waals surface area contributed by atoms with Crippen LogP contribution in [0, 0.1) is 0 Å². The molecular formula is C27H21N3O2. The van der Waals surface area contributed by atoms with Gasteiger partial charge in [-0.3, -0.25) is 9.78 Å². The molecule has 5 aromatic rings. The molecule has 5 nitrogen and oxygen atoms in total. The van der Waals surface area contributed by atoms with Gasteiger partial charge in [-0.15, -0.1) is 0 Å². The summed E-state index contributed by atoms with van der Waals surface area (Å²) in [7, 11) is 0. The number of rotatable bonds is 4. The SMILES string of the molecule is C=C(OCc1ccccc1)c1cncc2c(=O)n3c(cc12)-c1[nH]c2ccccc2c1CC3. The molecule has 0 atom stereocenters. The topological polar surface area (TPSA) is 59.9 Å². The van der Waals surface area contributed by atoms with E-state index in [0.29, 0.717) is 24.3 Å². The number of para-hydroxylation sites is 1. The minimum Gasteiger partial charge on any atom is -0.489 e. The summed E-state index contributed by atoms with van der Waals surface area (Å²) in [4.78, 5) is 21.2. The van der Waals surface area contributed by atoms with Crippen molar-refractivity contribution in [1.82, 2.24) is 14.5 Å². The van der Waals surface area contributed by atoms with Crippen molar-refractivity contribution in [3.8, 4) is 11.4 Å². The van der Waals surface area contributed by atoms with E-state index in [-0.39, 0.29) is 5.56 Å². The van der Waals surface area contributed by atoms with Gasteiger partial charge in [0.25, 0.3) is 5.56 Å². The van der Waals surface area contributed by atoms with Crippen molar-refractivity contribution >= 4 is 27.4 Å². The first-order chi connectivity index (χ1) is 15.7. The van der Waals surface area contributed by atoms with Gasteiger partial charge in [-0.05, 0) is 29.7 Å². The van der Waals surface area contributed by atoms with E-state index < -0.39 is 0 Å². The maximum absolute atomic E-state index is 13.4. The minimum atomic E-state index is -0.0352. The fourth-order valence-corrected chi connectivity index (χ4v) is 4.64. The summed E-state index contributed by atoms with van der Waals surface area (Å²) in [5.74, 6) is 0.504.